The quantitative estimate of drug-likeness (QED) is 0.373. The maximum Gasteiger partial charge on any atom is 0.314 e. The number of carbonyl (C=O) groups is 4. The van der Waals surface area contributed by atoms with Gasteiger partial charge in [-0.15, -0.1) is 0 Å². The number of amides is 3. The standard InChI is InChI=1S/C35H45N5O7/c1-4-46-34(44)35(17-21-45-3)23-26-13-15-28(16-14-26)47-24-32(42)36-18-9-20-40(19-8-12-31(41)37-25-35)33(43)30-22-29(38-39(30)2)27-10-6-5-7-11-27/h5-7,10-11,13-16,22H,4,8-9,12,17-21,23-25H2,1-3H3,(H,36,42)(H,37,41). The molecule has 2 aliphatic rings. The zero-order valence-corrected chi connectivity index (χ0v) is 27.5. The average Bonchev–Trinajstić information content (AvgIpc) is 3.47. The first-order valence-electron chi connectivity index (χ1n) is 16.0. The van der Waals surface area contributed by atoms with Gasteiger partial charge in [0, 0.05) is 58.9 Å². The van der Waals surface area contributed by atoms with E-state index >= 15 is 0 Å². The Morgan fingerprint density at radius 2 is 1.74 bits per heavy atom. The number of nitrogens with zero attached hydrogens (tertiary/aromatic N) is 3. The van der Waals surface area contributed by atoms with E-state index in [4.69, 9.17) is 14.2 Å². The Morgan fingerprint density at radius 3 is 2.47 bits per heavy atom. The smallest absolute Gasteiger partial charge is 0.314 e. The molecule has 5 rings (SSSR count). The lowest BCUT2D eigenvalue weighted by molar-refractivity contribution is -0.156. The van der Waals surface area contributed by atoms with Crippen LogP contribution in [0.25, 0.3) is 11.3 Å². The number of esters is 1. The molecule has 0 saturated carbocycles. The number of aromatic nitrogens is 2. The van der Waals surface area contributed by atoms with E-state index in [1.807, 2.05) is 42.5 Å². The van der Waals surface area contributed by atoms with Gasteiger partial charge in [-0.2, -0.15) is 5.10 Å². The van der Waals surface area contributed by atoms with E-state index in [1.54, 1.807) is 48.9 Å². The number of rotatable bonds is 7. The fourth-order valence-corrected chi connectivity index (χ4v) is 5.54. The van der Waals surface area contributed by atoms with Crippen molar-refractivity contribution >= 4 is 23.7 Å². The molecule has 0 saturated heterocycles. The second-order valence-corrected chi connectivity index (χ2v) is 11.6. The highest BCUT2D eigenvalue weighted by molar-refractivity contribution is 5.93. The summed E-state index contributed by atoms with van der Waals surface area (Å²) in [5.74, 6) is -0.644. The molecule has 12 nitrogen and oxygen atoms in total. The van der Waals surface area contributed by atoms with Crippen molar-refractivity contribution in [3.8, 4) is 17.0 Å². The SMILES string of the molecule is CCOC(=O)C1(CCOC)CNC(=O)CCCN(C(=O)c2cc(-c3ccccc3)nn2C)CCCNC(=O)COc2ccc(cc2)C1. The van der Waals surface area contributed by atoms with Gasteiger partial charge in [-0.3, -0.25) is 23.9 Å². The molecule has 3 amide bonds. The third-order valence-electron chi connectivity index (χ3n) is 8.17. The maximum absolute atomic E-state index is 13.8. The lowest BCUT2D eigenvalue weighted by Gasteiger charge is -2.32. The van der Waals surface area contributed by atoms with Crippen molar-refractivity contribution in [3.63, 3.8) is 0 Å². The largest absolute Gasteiger partial charge is 0.484 e. The number of nitrogens with one attached hydrogen (secondary N) is 2. The van der Waals surface area contributed by atoms with Gasteiger partial charge in [0.05, 0.1) is 17.7 Å². The third kappa shape index (κ3) is 9.89. The second kappa shape index (κ2) is 17.3. The molecule has 47 heavy (non-hydrogen) atoms. The maximum atomic E-state index is 13.8. The van der Waals surface area contributed by atoms with E-state index in [0.717, 1.165) is 11.1 Å². The van der Waals surface area contributed by atoms with Gasteiger partial charge in [0.25, 0.3) is 11.8 Å². The lowest BCUT2D eigenvalue weighted by atomic mass is 9.78. The van der Waals surface area contributed by atoms with E-state index in [1.165, 1.54) is 0 Å². The van der Waals surface area contributed by atoms with E-state index in [0.29, 0.717) is 69.1 Å². The first-order valence-corrected chi connectivity index (χ1v) is 16.0. The predicted octanol–water partition coefficient (Wildman–Crippen LogP) is 3.15. The molecule has 0 aliphatic carbocycles. The summed E-state index contributed by atoms with van der Waals surface area (Å²) in [7, 11) is 3.29. The Morgan fingerprint density at radius 1 is 1.00 bits per heavy atom. The minimum Gasteiger partial charge on any atom is -0.484 e. The number of fused-ring (bicyclic) bond motifs is 17. The summed E-state index contributed by atoms with van der Waals surface area (Å²) in [4.78, 5) is 54.5. The average molecular weight is 648 g/mol. The zero-order valence-electron chi connectivity index (χ0n) is 27.5. The number of benzene rings is 2. The van der Waals surface area contributed by atoms with Crippen molar-refractivity contribution < 1.29 is 33.4 Å². The molecule has 252 valence electrons. The van der Waals surface area contributed by atoms with Crippen LogP contribution in [0.5, 0.6) is 5.75 Å². The van der Waals surface area contributed by atoms with Gasteiger partial charge in [-0.1, -0.05) is 42.5 Å². The lowest BCUT2D eigenvalue weighted by Crippen LogP contribution is -2.46. The molecule has 1 aromatic heterocycles. The first kappa shape index (κ1) is 35.1. The van der Waals surface area contributed by atoms with Crippen molar-refractivity contribution in [2.45, 2.75) is 39.0 Å². The van der Waals surface area contributed by atoms with E-state index in [-0.39, 0.29) is 43.9 Å². The highest BCUT2D eigenvalue weighted by Crippen LogP contribution is 2.30. The minimum absolute atomic E-state index is 0.0619. The van der Waals surface area contributed by atoms with Crippen LogP contribution in [0.15, 0.2) is 60.7 Å². The molecule has 2 N–H and O–H groups in total. The molecule has 3 aromatic rings. The number of aryl methyl sites for hydroxylation is 1. The van der Waals surface area contributed by atoms with Crippen LogP contribution in [0, 0.1) is 5.41 Å². The van der Waals surface area contributed by atoms with Gasteiger partial charge in [0.1, 0.15) is 11.4 Å². The molecule has 12 heteroatoms. The number of methoxy groups -OCH3 is 1. The van der Waals surface area contributed by atoms with E-state index in [9.17, 15) is 19.2 Å². The molecule has 1 unspecified atom stereocenters. The summed E-state index contributed by atoms with van der Waals surface area (Å²) in [6.07, 6.45) is 1.68. The van der Waals surface area contributed by atoms with Crippen LogP contribution >= 0.6 is 0 Å². The predicted molar refractivity (Wildman–Crippen MR) is 176 cm³/mol. The summed E-state index contributed by atoms with van der Waals surface area (Å²) in [6.45, 7) is 3.16. The minimum atomic E-state index is -1.07. The van der Waals surface area contributed by atoms with Crippen molar-refractivity contribution in [2.75, 3.05) is 53.1 Å². The van der Waals surface area contributed by atoms with Gasteiger partial charge >= 0.3 is 5.97 Å². The van der Waals surface area contributed by atoms with E-state index < -0.39 is 11.4 Å². The van der Waals surface area contributed by atoms with Crippen LogP contribution in [0.1, 0.15) is 48.7 Å². The molecule has 2 aromatic carbocycles. The Balaban J connectivity index is 1.54. The zero-order chi connectivity index (χ0) is 33.6. The molecular weight excluding hydrogens is 602 g/mol. The summed E-state index contributed by atoms with van der Waals surface area (Å²) in [5, 5.41) is 10.4. The summed E-state index contributed by atoms with van der Waals surface area (Å²) >= 11 is 0. The van der Waals surface area contributed by atoms with Gasteiger partial charge in [-0.05, 0) is 56.4 Å². The monoisotopic (exact) mass is 647 g/mol. The Kier molecular flexibility index (Phi) is 12.9. The summed E-state index contributed by atoms with van der Waals surface area (Å²) < 4.78 is 18.1. The van der Waals surface area contributed by atoms with Gasteiger partial charge in [-0.25, -0.2) is 0 Å². The molecule has 0 radical (unpaired) electrons. The van der Waals surface area contributed by atoms with Crippen molar-refractivity contribution in [1.29, 1.82) is 0 Å². The molecule has 3 heterocycles. The fourth-order valence-electron chi connectivity index (χ4n) is 5.54. The Labute approximate surface area is 275 Å². The molecular formula is C35H45N5O7. The fraction of sp³-hybridized carbons (Fsp3) is 0.457. The topological polar surface area (TPSA) is 141 Å². The number of hydrogen-bond acceptors (Lipinski definition) is 8. The van der Waals surface area contributed by atoms with Crippen LogP contribution < -0.4 is 15.4 Å². The van der Waals surface area contributed by atoms with Gasteiger partial charge in [0.2, 0.25) is 5.91 Å². The van der Waals surface area contributed by atoms with Crippen LogP contribution in [-0.2, 0) is 37.3 Å². The molecule has 2 bridgehead atoms. The van der Waals surface area contributed by atoms with Crippen LogP contribution in [-0.4, -0.2) is 91.5 Å². The van der Waals surface area contributed by atoms with Gasteiger partial charge in [0.15, 0.2) is 6.61 Å². The normalized spacial score (nSPS) is 18.5. The summed E-state index contributed by atoms with van der Waals surface area (Å²) in [6, 6.07) is 18.6. The molecule has 0 fully saturated rings. The molecule has 2 aliphatic heterocycles. The molecule has 0 spiro atoms. The second-order valence-electron chi connectivity index (χ2n) is 11.6. The van der Waals surface area contributed by atoms with Crippen LogP contribution in [0.2, 0.25) is 0 Å². The van der Waals surface area contributed by atoms with Crippen molar-refractivity contribution in [1.82, 2.24) is 25.3 Å². The first-order chi connectivity index (χ1) is 22.7. The Bertz CT molecular complexity index is 1490. The number of carbonyl (C=O) groups excluding carboxylic acids is 4. The summed E-state index contributed by atoms with van der Waals surface area (Å²) in [5.41, 5.74) is 1.78. The van der Waals surface area contributed by atoms with E-state index in [2.05, 4.69) is 15.7 Å². The molecule has 1 atom stereocenters. The third-order valence-corrected chi connectivity index (χ3v) is 8.17. The number of ether oxygens (including phenoxy) is 3. The van der Waals surface area contributed by atoms with Crippen molar-refractivity contribution in [2.24, 2.45) is 12.5 Å². The van der Waals surface area contributed by atoms with Crippen LogP contribution in [0.3, 0.4) is 0 Å². The highest BCUT2D eigenvalue weighted by Gasteiger charge is 2.40. The van der Waals surface area contributed by atoms with Crippen LogP contribution in [0.4, 0.5) is 0 Å². The Hall–Kier alpha value is -4.71. The highest BCUT2D eigenvalue weighted by atomic mass is 16.5. The number of hydrogen-bond donors (Lipinski definition) is 2. The van der Waals surface area contributed by atoms with Gasteiger partial charge < -0.3 is 29.7 Å². The van der Waals surface area contributed by atoms with Crippen molar-refractivity contribution in [3.05, 3.63) is 71.9 Å².